The van der Waals surface area contributed by atoms with Gasteiger partial charge >= 0.3 is 0 Å². The molecule has 4 heterocycles. The van der Waals surface area contributed by atoms with E-state index in [-0.39, 0.29) is 41.6 Å². The van der Waals surface area contributed by atoms with Crippen LogP contribution in [0.4, 0.5) is 0 Å². The molecule has 0 radical (unpaired) electrons. The van der Waals surface area contributed by atoms with Crippen LogP contribution in [0.25, 0.3) is 0 Å². The molecule has 4 aliphatic rings. The molecule has 9 nitrogen and oxygen atoms in total. The summed E-state index contributed by atoms with van der Waals surface area (Å²) in [4.78, 5) is 54.6. The third-order valence-electron chi connectivity index (χ3n) is 6.58. The summed E-state index contributed by atoms with van der Waals surface area (Å²) >= 11 is 0. The van der Waals surface area contributed by atoms with Gasteiger partial charge in [-0.2, -0.15) is 0 Å². The fraction of sp³-hybridized carbons (Fsp3) is 0.600. The van der Waals surface area contributed by atoms with E-state index < -0.39 is 12.1 Å². The molecule has 3 aliphatic heterocycles. The van der Waals surface area contributed by atoms with Gasteiger partial charge < -0.3 is 25.0 Å². The molecule has 1 aromatic heterocycles. The summed E-state index contributed by atoms with van der Waals surface area (Å²) < 4.78 is 1.73. The minimum absolute atomic E-state index is 0.0137. The second-order valence-electron chi connectivity index (χ2n) is 8.57. The van der Waals surface area contributed by atoms with Crippen molar-refractivity contribution in [1.82, 2.24) is 25.0 Å². The van der Waals surface area contributed by atoms with E-state index in [2.05, 4.69) is 10.6 Å². The molecule has 4 fully saturated rings. The zero-order valence-corrected chi connectivity index (χ0v) is 16.3. The monoisotopic (exact) mass is 399 g/mol. The van der Waals surface area contributed by atoms with Gasteiger partial charge in [-0.25, -0.2) is 0 Å². The van der Waals surface area contributed by atoms with Crippen molar-refractivity contribution in [2.75, 3.05) is 13.1 Å². The molecule has 0 unspecified atom stereocenters. The van der Waals surface area contributed by atoms with Crippen molar-refractivity contribution in [3.05, 3.63) is 24.0 Å². The summed E-state index contributed by atoms with van der Waals surface area (Å²) in [6.45, 7) is 0.733. The maximum absolute atomic E-state index is 13.4. The van der Waals surface area contributed by atoms with Crippen LogP contribution in [0.3, 0.4) is 0 Å². The molecule has 1 aromatic rings. The molecule has 3 saturated heterocycles. The first-order valence-corrected chi connectivity index (χ1v) is 10.3. The third-order valence-corrected chi connectivity index (χ3v) is 6.58. The van der Waals surface area contributed by atoms with E-state index in [0.29, 0.717) is 31.6 Å². The van der Waals surface area contributed by atoms with Gasteiger partial charge in [0.15, 0.2) is 0 Å². The number of hydrogen-bond donors (Lipinski definition) is 2. The molecular weight excluding hydrogens is 374 g/mol. The molecule has 2 N–H and O–H groups in total. The average molecular weight is 399 g/mol. The lowest BCUT2D eigenvalue weighted by Gasteiger charge is -2.29. The smallest absolute Gasteiger partial charge is 0.271 e. The van der Waals surface area contributed by atoms with Gasteiger partial charge in [0.05, 0.1) is 6.04 Å². The average Bonchev–Trinajstić information content (AvgIpc) is 3.15. The van der Waals surface area contributed by atoms with E-state index in [1.165, 1.54) is 0 Å². The summed E-state index contributed by atoms with van der Waals surface area (Å²) in [5.74, 6) is -0.509. The van der Waals surface area contributed by atoms with E-state index in [1.54, 1.807) is 39.7 Å². The number of aryl methyl sites for hydroxylation is 1. The van der Waals surface area contributed by atoms with Crippen LogP contribution in [0.5, 0.6) is 0 Å². The highest BCUT2D eigenvalue weighted by molar-refractivity contribution is 6.00. The first-order valence-electron chi connectivity index (χ1n) is 10.3. The van der Waals surface area contributed by atoms with Crippen LogP contribution in [0.2, 0.25) is 0 Å². The zero-order valence-electron chi connectivity index (χ0n) is 16.3. The summed E-state index contributed by atoms with van der Waals surface area (Å²) in [6.07, 6.45) is 4.58. The molecule has 29 heavy (non-hydrogen) atoms. The van der Waals surface area contributed by atoms with Crippen LogP contribution in [0.15, 0.2) is 18.3 Å². The lowest BCUT2D eigenvalue weighted by Crippen LogP contribution is -2.52. The summed E-state index contributed by atoms with van der Waals surface area (Å²) in [7, 11) is 1.79. The molecule has 9 heteroatoms. The number of aromatic nitrogens is 1. The molecule has 0 spiro atoms. The first-order chi connectivity index (χ1) is 13.9. The number of fused-ring (bicyclic) bond motifs is 2. The highest BCUT2D eigenvalue weighted by atomic mass is 16.2. The van der Waals surface area contributed by atoms with Gasteiger partial charge in [-0.3, -0.25) is 19.2 Å². The Morgan fingerprint density at radius 2 is 2.00 bits per heavy atom. The van der Waals surface area contributed by atoms with Crippen LogP contribution in [0, 0.1) is 5.92 Å². The number of hydrogen-bond acceptors (Lipinski definition) is 4. The van der Waals surface area contributed by atoms with Gasteiger partial charge in [-0.05, 0) is 37.8 Å². The second-order valence-corrected chi connectivity index (χ2v) is 8.57. The predicted octanol–water partition coefficient (Wildman–Crippen LogP) is -0.766. The molecule has 0 bridgehead atoms. The molecule has 1 saturated carbocycles. The fourth-order valence-corrected chi connectivity index (χ4v) is 4.85. The molecular formula is C20H25N5O4. The highest BCUT2D eigenvalue weighted by Gasteiger charge is 2.52. The molecule has 4 amide bonds. The third kappa shape index (κ3) is 2.99. The lowest BCUT2D eigenvalue weighted by molar-refractivity contribution is -0.138. The topological polar surface area (TPSA) is 104 Å². The first kappa shape index (κ1) is 18.2. The van der Waals surface area contributed by atoms with Crippen molar-refractivity contribution in [1.29, 1.82) is 0 Å². The van der Waals surface area contributed by atoms with Crippen molar-refractivity contribution in [2.24, 2.45) is 13.0 Å². The van der Waals surface area contributed by atoms with Gasteiger partial charge in [0.1, 0.15) is 17.8 Å². The van der Waals surface area contributed by atoms with Crippen molar-refractivity contribution in [3.63, 3.8) is 0 Å². The fourth-order valence-electron chi connectivity index (χ4n) is 4.85. The largest absolute Gasteiger partial charge is 0.351 e. The quantitative estimate of drug-likeness (QED) is 0.697. The highest BCUT2D eigenvalue weighted by Crippen LogP contribution is 2.32. The van der Waals surface area contributed by atoms with Crippen LogP contribution >= 0.6 is 0 Å². The number of nitrogens with one attached hydrogen (secondary N) is 2. The minimum Gasteiger partial charge on any atom is -0.351 e. The van der Waals surface area contributed by atoms with Crippen molar-refractivity contribution in [2.45, 2.75) is 49.9 Å². The number of carbonyl (C=O) groups is 4. The lowest BCUT2D eigenvalue weighted by atomic mass is 10.1. The Kier molecular flexibility index (Phi) is 4.15. The van der Waals surface area contributed by atoms with E-state index in [1.807, 2.05) is 0 Å². The van der Waals surface area contributed by atoms with Gasteiger partial charge in [0.2, 0.25) is 17.7 Å². The van der Waals surface area contributed by atoms with E-state index in [0.717, 1.165) is 12.8 Å². The van der Waals surface area contributed by atoms with Gasteiger partial charge in [0.25, 0.3) is 5.91 Å². The summed E-state index contributed by atoms with van der Waals surface area (Å²) in [6, 6.07) is 1.63. The van der Waals surface area contributed by atoms with E-state index in [9.17, 15) is 19.2 Å². The second kappa shape index (κ2) is 6.60. The van der Waals surface area contributed by atoms with Crippen LogP contribution in [-0.4, -0.2) is 75.3 Å². The molecule has 4 atom stereocenters. The molecule has 5 rings (SSSR count). The van der Waals surface area contributed by atoms with Gasteiger partial charge in [-0.15, -0.1) is 0 Å². The number of likely N-dealkylation sites (tertiary alicyclic amines) is 1. The number of nitrogens with zero attached hydrogens (tertiary/aromatic N) is 3. The Morgan fingerprint density at radius 3 is 2.69 bits per heavy atom. The zero-order chi connectivity index (χ0) is 20.3. The summed E-state index contributed by atoms with van der Waals surface area (Å²) in [5, 5.41) is 5.97. The van der Waals surface area contributed by atoms with Crippen LogP contribution in [0.1, 0.15) is 36.2 Å². The number of amides is 4. The van der Waals surface area contributed by atoms with E-state index in [4.69, 9.17) is 0 Å². The van der Waals surface area contributed by atoms with Crippen LogP contribution < -0.4 is 10.6 Å². The molecule has 0 aromatic carbocycles. The predicted molar refractivity (Wildman–Crippen MR) is 102 cm³/mol. The van der Waals surface area contributed by atoms with Crippen molar-refractivity contribution >= 4 is 23.6 Å². The summed E-state index contributed by atoms with van der Waals surface area (Å²) in [5.41, 5.74) is 0.515. The number of carbonyl (C=O) groups excluding carboxylic acids is 4. The Labute approximate surface area is 168 Å². The molecule has 1 aliphatic carbocycles. The maximum atomic E-state index is 13.4. The minimum atomic E-state index is -0.704. The molecule has 154 valence electrons. The number of rotatable bonds is 3. The normalized spacial score (nSPS) is 31.2. The van der Waals surface area contributed by atoms with E-state index >= 15 is 0 Å². The standard InChI is InChI=1S/C20H25N5O4/c1-23-7-2-3-14(23)19(28)24-8-6-13-16(24)20(29)25-10-12(9-15(25)18(27)22-13)21-17(26)11-4-5-11/h2-3,7,11-13,15-16H,4-6,8-10H2,1H3,(H,21,26)(H,22,27)/t12-,13+,15+,16-/m0/s1. The maximum Gasteiger partial charge on any atom is 0.271 e. The Hall–Kier alpha value is -2.84. The van der Waals surface area contributed by atoms with Crippen LogP contribution in [-0.2, 0) is 21.4 Å². The Balaban J connectivity index is 1.37. The van der Waals surface area contributed by atoms with Crippen molar-refractivity contribution in [3.8, 4) is 0 Å². The Bertz CT molecular complexity index is 891. The van der Waals surface area contributed by atoms with Crippen molar-refractivity contribution < 1.29 is 19.2 Å². The SMILES string of the molecule is Cn1cccc1C(=O)N1CC[C@H]2NC(=O)[C@H]3C[C@H](NC(=O)C4CC4)CN3C(=O)[C@H]21. The van der Waals surface area contributed by atoms with Gasteiger partial charge in [-0.1, -0.05) is 0 Å². The van der Waals surface area contributed by atoms with Gasteiger partial charge in [0, 0.05) is 38.3 Å². The Morgan fingerprint density at radius 1 is 1.21 bits per heavy atom.